The molecule has 2 heterocycles. The second-order valence-electron chi connectivity index (χ2n) is 5.21. The lowest BCUT2D eigenvalue weighted by molar-refractivity contribution is 0.102. The number of nitriles is 1. The van der Waals surface area contributed by atoms with Crippen molar-refractivity contribution in [3.05, 3.63) is 53.5 Å². The smallest absolute Gasteiger partial charge is 0.256 e. The predicted octanol–water partition coefficient (Wildman–Crippen LogP) is 3.36. The Kier molecular flexibility index (Phi) is 5.15. The number of anilines is 3. The van der Waals surface area contributed by atoms with E-state index in [-0.39, 0.29) is 5.91 Å². The zero-order valence-electron chi connectivity index (χ0n) is 14.0. The number of hydrogen-bond donors (Lipinski definition) is 2. The van der Waals surface area contributed by atoms with E-state index in [1.54, 1.807) is 18.2 Å². The van der Waals surface area contributed by atoms with E-state index in [2.05, 4.69) is 31.8 Å². The van der Waals surface area contributed by atoms with Gasteiger partial charge in [-0.2, -0.15) is 5.26 Å². The number of aryl methyl sites for hydroxylation is 1. The van der Waals surface area contributed by atoms with Crippen LogP contribution in [0.25, 0.3) is 0 Å². The minimum atomic E-state index is -0.324. The fourth-order valence-corrected chi connectivity index (χ4v) is 2.71. The third kappa shape index (κ3) is 3.65. The molecule has 0 bridgehead atoms. The maximum atomic E-state index is 12.3. The Labute approximate surface area is 153 Å². The van der Waals surface area contributed by atoms with Crippen LogP contribution < -0.4 is 10.6 Å². The van der Waals surface area contributed by atoms with E-state index in [4.69, 9.17) is 4.52 Å². The molecule has 0 saturated heterocycles. The standard InChI is InChI=1S/C17H14N6O2S/c1-10-3-4-11(16(24)22-14-5-6-25-23-14)7-13(10)21-15-12(8-18)17(26-2)20-9-19-15/h3-7,9H,1-2H3,(H,19,20,21)(H,22,23,24). The van der Waals surface area contributed by atoms with Gasteiger partial charge in [-0.15, -0.1) is 11.8 Å². The molecule has 0 aliphatic carbocycles. The molecule has 26 heavy (non-hydrogen) atoms. The highest BCUT2D eigenvalue weighted by Gasteiger charge is 2.14. The van der Waals surface area contributed by atoms with Gasteiger partial charge >= 0.3 is 0 Å². The number of benzene rings is 1. The van der Waals surface area contributed by atoms with Crippen molar-refractivity contribution in [3.8, 4) is 6.07 Å². The third-order valence-electron chi connectivity index (χ3n) is 3.55. The van der Waals surface area contributed by atoms with Crippen molar-refractivity contribution in [1.82, 2.24) is 15.1 Å². The van der Waals surface area contributed by atoms with Gasteiger partial charge < -0.3 is 15.2 Å². The highest BCUT2D eigenvalue weighted by molar-refractivity contribution is 7.98. The summed E-state index contributed by atoms with van der Waals surface area (Å²) in [5.41, 5.74) is 2.35. The Morgan fingerprint density at radius 1 is 1.31 bits per heavy atom. The molecule has 3 rings (SSSR count). The van der Waals surface area contributed by atoms with Crippen molar-refractivity contribution >= 4 is 35.0 Å². The Bertz CT molecular complexity index is 981. The molecule has 130 valence electrons. The van der Waals surface area contributed by atoms with Gasteiger partial charge in [0.1, 0.15) is 29.2 Å². The molecule has 0 unspecified atom stereocenters. The molecule has 0 fully saturated rings. The van der Waals surface area contributed by atoms with Gasteiger partial charge in [-0.05, 0) is 30.9 Å². The molecule has 9 heteroatoms. The van der Waals surface area contributed by atoms with Gasteiger partial charge in [0, 0.05) is 17.3 Å². The number of hydrogen-bond acceptors (Lipinski definition) is 8. The van der Waals surface area contributed by atoms with Gasteiger partial charge in [-0.25, -0.2) is 9.97 Å². The van der Waals surface area contributed by atoms with Gasteiger partial charge in [0.05, 0.1) is 0 Å². The summed E-state index contributed by atoms with van der Waals surface area (Å²) in [4.78, 5) is 20.6. The summed E-state index contributed by atoms with van der Waals surface area (Å²) in [5, 5.41) is 19.4. The second-order valence-corrected chi connectivity index (χ2v) is 6.01. The monoisotopic (exact) mass is 366 g/mol. The number of amides is 1. The molecule has 0 aliphatic heterocycles. The molecule has 1 aromatic carbocycles. The summed E-state index contributed by atoms with van der Waals surface area (Å²) in [5.74, 6) is 0.399. The molecule has 1 amide bonds. The van der Waals surface area contributed by atoms with Crippen LogP contribution in [-0.4, -0.2) is 27.3 Å². The number of carbonyl (C=O) groups is 1. The first kappa shape index (κ1) is 17.4. The van der Waals surface area contributed by atoms with Crippen LogP contribution in [0.2, 0.25) is 0 Å². The zero-order chi connectivity index (χ0) is 18.5. The summed E-state index contributed by atoms with van der Waals surface area (Å²) in [6.45, 7) is 1.89. The van der Waals surface area contributed by atoms with Crippen LogP contribution in [0.4, 0.5) is 17.3 Å². The van der Waals surface area contributed by atoms with Crippen LogP contribution in [0.15, 0.2) is 46.4 Å². The maximum Gasteiger partial charge on any atom is 0.256 e. The van der Waals surface area contributed by atoms with Gasteiger partial charge in [-0.3, -0.25) is 4.79 Å². The lowest BCUT2D eigenvalue weighted by atomic mass is 10.1. The predicted molar refractivity (Wildman–Crippen MR) is 97.4 cm³/mol. The van der Waals surface area contributed by atoms with Gasteiger partial charge in [-0.1, -0.05) is 11.2 Å². The molecule has 0 spiro atoms. The first-order valence-corrected chi connectivity index (χ1v) is 8.73. The fraction of sp³-hybridized carbons (Fsp3) is 0.118. The molecule has 3 aromatic rings. The van der Waals surface area contributed by atoms with Crippen LogP contribution in [0, 0.1) is 18.3 Å². The van der Waals surface area contributed by atoms with E-state index in [1.807, 2.05) is 19.2 Å². The molecule has 0 aliphatic rings. The van der Waals surface area contributed by atoms with E-state index in [9.17, 15) is 10.1 Å². The van der Waals surface area contributed by atoms with E-state index in [0.717, 1.165) is 5.56 Å². The average Bonchev–Trinajstić information content (AvgIpc) is 3.16. The second kappa shape index (κ2) is 7.67. The fourth-order valence-electron chi connectivity index (χ4n) is 2.21. The lowest BCUT2D eigenvalue weighted by Crippen LogP contribution is -2.12. The Hall–Kier alpha value is -3.38. The van der Waals surface area contributed by atoms with Gasteiger partial charge in [0.15, 0.2) is 11.6 Å². The van der Waals surface area contributed by atoms with E-state index < -0.39 is 0 Å². The van der Waals surface area contributed by atoms with E-state index in [1.165, 1.54) is 24.4 Å². The van der Waals surface area contributed by atoms with Crippen LogP contribution in [0.3, 0.4) is 0 Å². The molecule has 0 atom stereocenters. The number of rotatable bonds is 5. The average molecular weight is 366 g/mol. The van der Waals surface area contributed by atoms with Crippen molar-refractivity contribution < 1.29 is 9.32 Å². The first-order valence-electron chi connectivity index (χ1n) is 7.51. The third-order valence-corrected chi connectivity index (χ3v) is 4.25. The minimum absolute atomic E-state index is 0.324. The Balaban J connectivity index is 1.89. The molecule has 2 N–H and O–H groups in total. The van der Waals surface area contributed by atoms with Crippen LogP contribution >= 0.6 is 11.8 Å². The van der Waals surface area contributed by atoms with Crippen molar-refractivity contribution in [2.45, 2.75) is 11.9 Å². The van der Waals surface area contributed by atoms with Gasteiger partial charge in [0.2, 0.25) is 0 Å². The Morgan fingerprint density at radius 2 is 2.15 bits per heavy atom. The van der Waals surface area contributed by atoms with E-state index in [0.29, 0.717) is 33.5 Å². The quantitative estimate of drug-likeness (QED) is 0.521. The summed E-state index contributed by atoms with van der Waals surface area (Å²) in [6.07, 6.45) is 4.61. The molecule has 2 aromatic heterocycles. The molecular weight excluding hydrogens is 352 g/mol. The molecular formula is C17H14N6O2S. The SMILES string of the molecule is CSc1ncnc(Nc2cc(C(=O)Nc3ccon3)ccc2C)c1C#N. The van der Waals surface area contributed by atoms with Crippen molar-refractivity contribution in [2.75, 3.05) is 16.9 Å². The molecule has 8 nitrogen and oxygen atoms in total. The summed E-state index contributed by atoms with van der Waals surface area (Å²) in [6, 6.07) is 8.86. The van der Waals surface area contributed by atoms with E-state index >= 15 is 0 Å². The lowest BCUT2D eigenvalue weighted by Gasteiger charge is -2.12. The number of thioether (sulfide) groups is 1. The molecule has 0 radical (unpaired) electrons. The summed E-state index contributed by atoms with van der Waals surface area (Å²) >= 11 is 1.37. The zero-order valence-corrected chi connectivity index (χ0v) is 14.8. The highest BCUT2D eigenvalue weighted by Crippen LogP contribution is 2.27. The number of aromatic nitrogens is 3. The van der Waals surface area contributed by atoms with Crippen LogP contribution in [0.1, 0.15) is 21.5 Å². The van der Waals surface area contributed by atoms with Crippen LogP contribution in [-0.2, 0) is 0 Å². The van der Waals surface area contributed by atoms with Crippen LogP contribution in [0.5, 0.6) is 0 Å². The minimum Gasteiger partial charge on any atom is -0.363 e. The highest BCUT2D eigenvalue weighted by atomic mass is 32.2. The van der Waals surface area contributed by atoms with Crippen molar-refractivity contribution in [3.63, 3.8) is 0 Å². The Morgan fingerprint density at radius 3 is 2.85 bits per heavy atom. The first-order chi connectivity index (χ1) is 12.6. The van der Waals surface area contributed by atoms with Gasteiger partial charge in [0.25, 0.3) is 5.91 Å². The number of nitrogens with zero attached hydrogens (tertiary/aromatic N) is 4. The summed E-state index contributed by atoms with van der Waals surface area (Å²) < 4.78 is 4.70. The molecule has 0 saturated carbocycles. The summed E-state index contributed by atoms with van der Waals surface area (Å²) in [7, 11) is 0. The largest absolute Gasteiger partial charge is 0.363 e. The number of carbonyl (C=O) groups excluding carboxylic acids is 1. The van der Waals surface area contributed by atoms with Crippen molar-refractivity contribution in [1.29, 1.82) is 5.26 Å². The number of nitrogens with one attached hydrogen (secondary N) is 2. The topological polar surface area (TPSA) is 117 Å². The maximum absolute atomic E-state index is 12.3. The normalized spacial score (nSPS) is 10.2. The van der Waals surface area contributed by atoms with Crippen molar-refractivity contribution in [2.24, 2.45) is 0 Å².